The van der Waals surface area contributed by atoms with Gasteiger partial charge in [0.05, 0.1) is 28.0 Å². The third-order valence-electron chi connectivity index (χ3n) is 19.7. The molecule has 15 rings (SSSR count). The summed E-state index contributed by atoms with van der Waals surface area (Å²) in [5, 5.41) is 13.7. The van der Waals surface area contributed by atoms with Crippen LogP contribution in [0.3, 0.4) is 0 Å². The zero-order chi connectivity index (χ0) is 64.8. The fraction of sp³-hybridized carbons (Fsp3) is 0.191. The molecule has 6 heteroatoms. The molecule has 0 atom stereocenters. The van der Waals surface area contributed by atoms with Crippen LogP contribution in [0.5, 0.6) is 5.75 Å². The number of phenolic OH excluding ortho intramolecular Hbond substituents is 1. The molecule has 0 unspecified atom stereocenters. The summed E-state index contributed by atoms with van der Waals surface area (Å²) in [5.41, 5.74) is 31.1. The fourth-order valence-electron chi connectivity index (χ4n) is 14.9. The van der Waals surface area contributed by atoms with Crippen LogP contribution in [0.15, 0.2) is 229 Å². The fourth-order valence-corrected chi connectivity index (χ4v) is 14.9. The van der Waals surface area contributed by atoms with Crippen LogP contribution in [0.25, 0.3) is 139 Å². The standard InChI is InChI=1S/C89H78N3O2.Pt/c1-52(2)62-48-71(53(3)4)83(72(49-62)54(5)6)69-38-24-36-66(58-29-16-13-17-30-58)82(69)70-44-46-75-86(91-88(92(75)87-55(7)25-20-26-56(87)8)74-45-43-60-42-41-59-31-22-39-76(93)80(59)85(60)90-74)79(70)63-50-73(84-68-34-18-19-40-77(68)94-78(84)51-63)81-65(57-27-14-12-15-28-57)35-23-37-67(81)61-32-21-33-64(47-61)89(9,10)11;/h12-40,43-49,51-54,93H,41-42H2,1-11H3;/q-1;. The molecule has 3 heterocycles. The predicted octanol–water partition coefficient (Wildman–Crippen LogP) is 24.2. The van der Waals surface area contributed by atoms with Crippen LogP contribution < -0.4 is 0 Å². The monoisotopic (exact) mass is 1420 g/mol. The van der Waals surface area contributed by atoms with E-state index in [4.69, 9.17) is 14.4 Å². The Kier molecular flexibility index (Phi) is 16.5. The number of aromatic hydroxyl groups is 1. The van der Waals surface area contributed by atoms with Gasteiger partial charge in [0.1, 0.15) is 17.0 Å². The Labute approximate surface area is 573 Å². The van der Waals surface area contributed by atoms with Gasteiger partial charge in [-0.25, -0.2) is 9.97 Å². The molecule has 0 saturated heterocycles. The van der Waals surface area contributed by atoms with Gasteiger partial charge in [-0.1, -0.05) is 268 Å². The second kappa shape index (κ2) is 24.9. The molecule has 1 aliphatic rings. The minimum atomic E-state index is -0.0977. The number of pyridine rings is 1. The van der Waals surface area contributed by atoms with Crippen molar-refractivity contribution in [2.75, 3.05) is 0 Å². The number of furan rings is 1. The Balaban J connectivity index is 0.00000778. The van der Waals surface area contributed by atoms with E-state index >= 15 is 0 Å². The zero-order valence-corrected chi connectivity index (χ0v) is 58.3. The normalized spacial score (nSPS) is 12.3. The van der Waals surface area contributed by atoms with Crippen LogP contribution in [0.1, 0.15) is 125 Å². The van der Waals surface area contributed by atoms with Gasteiger partial charge in [-0.05, 0) is 191 Å². The first-order valence-corrected chi connectivity index (χ1v) is 33.5. The molecule has 5 nitrogen and oxygen atoms in total. The molecule has 0 bridgehead atoms. The van der Waals surface area contributed by atoms with Crippen LogP contribution in [0.4, 0.5) is 0 Å². The van der Waals surface area contributed by atoms with Crippen LogP contribution in [0.2, 0.25) is 0 Å². The van der Waals surface area contributed by atoms with Gasteiger partial charge < -0.3 is 9.52 Å². The van der Waals surface area contributed by atoms with Crippen molar-refractivity contribution in [3.05, 3.63) is 275 Å². The van der Waals surface area contributed by atoms with Crippen molar-refractivity contribution in [1.29, 1.82) is 0 Å². The van der Waals surface area contributed by atoms with Gasteiger partial charge in [0.25, 0.3) is 0 Å². The van der Waals surface area contributed by atoms with E-state index in [1.165, 1.54) is 27.8 Å². The van der Waals surface area contributed by atoms with E-state index in [0.29, 0.717) is 17.4 Å². The maximum atomic E-state index is 11.7. The summed E-state index contributed by atoms with van der Waals surface area (Å²) >= 11 is 0. The first-order valence-electron chi connectivity index (χ1n) is 33.5. The molecule has 0 fully saturated rings. The van der Waals surface area contributed by atoms with Gasteiger partial charge >= 0.3 is 0 Å². The van der Waals surface area contributed by atoms with Crippen LogP contribution in [-0.4, -0.2) is 19.6 Å². The van der Waals surface area contributed by atoms with Crippen molar-refractivity contribution < 1.29 is 30.6 Å². The molecule has 14 aromatic rings. The number of phenols is 1. The van der Waals surface area contributed by atoms with Crippen LogP contribution in [-0.2, 0) is 39.3 Å². The van der Waals surface area contributed by atoms with E-state index in [-0.39, 0.29) is 44.1 Å². The van der Waals surface area contributed by atoms with E-state index in [0.717, 1.165) is 157 Å². The van der Waals surface area contributed by atoms with Gasteiger partial charge in [-0.15, -0.1) is 17.2 Å². The zero-order valence-electron chi connectivity index (χ0n) is 56.0. The first kappa shape index (κ1) is 62.8. The van der Waals surface area contributed by atoms with E-state index < -0.39 is 0 Å². The van der Waals surface area contributed by atoms with Gasteiger partial charge in [0.15, 0.2) is 5.82 Å². The molecule has 0 saturated carbocycles. The summed E-state index contributed by atoms with van der Waals surface area (Å²) < 4.78 is 9.66. The Morgan fingerprint density at radius 3 is 1.73 bits per heavy atom. The van der Waals surface area contributed by atoms with Crippen molar-refractivity contribution in [3.63, 3.8) is 0 Å². The van der Waals surface area contributed by atoms with Crippen LogP contribution in [0, 0.1) is 19.9 Å². The summed E-state index contributed by atoms with van der Waals surface area (Å²) in [6.07, 6.45) is 1.64. The largest absolute Gasteiger partial charge is 0.507 e. The van der Waals surface area contributed by atoms with Gasteiger partial charge in [0, 0.05) is 26.6 Å². The summed E-state index contributed by atoms with van der Waals surface area (Å²) in [6.45, 7) is 25.3. The van der Waals surface area contributed by atoms with E-state index in [2.05, 4.69) is 299 Å². The van der Waals surface area contributed by atoms with Crippen LogP contribution >= 0.6 is 0 Å². The Morgan fingerprint density at radius 1 is 0.484 bits per heavy atom. The second-order valence-corrected chi connectivity index (χ2v) is 27.8. The third-order valence-corrected chi connectivity index (χ3v) is 19.7. The molecule has 95 heavy (non-hydrogen) atoms. The number of imidazole rings is 1. The molecule has 472 valence electrons. The quantitative estimate of drug-likeness (QED) is 0.124. The topological polar surface area (TPSA) is 64.1 Å². The molecule has 0 aliphatic heterocycles. The number of benzene rings is 11. The summed E-state index contributed by atoms with van der Waals surface area (Å²) in [4.78, 5) is 11.8. The molecule has 11 aromatic carbocycles. The smallest absolute Gasteiger partial charge is 0.163 e. The Bertz CT molecular complexity index is 5260. The summed E-state index contributed by atoms with van der Waals surface area (Å²) in [7, 11) is 0. The van der Waals surface area contributed by atoms with Crippen molar-refractivity contribution in [2.45, 2.75) is 112 Å². The van der Waals surface area contributed by atoms with Gasteiger partial charge in [-0.3, -0.25) is 4.57 Å². The molecule has 1 N–H and O–H groups in total. The average molecular weight is 1420 g/mol. The molecule has 3 aromatic heterocycles. The maximum Gasteiger partial charge on any atom is 0.163 e. The third kappa shape index (κ3) is 11.0. The van der Waals surface area contributed by atoms with Gasteiger partial charge in [-0.2, -0.15) is 0 Å². The van der Waals surface area contributed by atoms with E-state index in [9.17, 15) is 5.11 Å². The second-order valence-electron chi connectivity index (χ2n) is 27.8. The molecule has 0 spiro atoms. The number of rotatable bonds is 12. The Hall–Kier alpha value is -9.67. The molecular formula is C89H78N3O2Pt-. The molecule has 0 radical (unpaired) electrons. The molecule has 0 amide bonds. The van der Waals surface area contributed by atoms with Crippen molar-refractivity contribution >= 4 is 33.0 Å². The number of nitrogens with zero attached hydrogens (tertiary/aromatic N) is 3. The maximum absolute atomic E-state index is 11.7. The first-order chi connectivity index (χ1) is 45.5. The van der Waals surface area contributed by atoms with E-state index in [1.807, 2.05) is 6.07 Å². The minimum absolute atomic E-state index is 0. The van der Waals surface area contributed by atoms with Crippen molar-refractivity contribution in [3.8, 4) is 112 Å². The minimum Gasteiger partial charge on any atom is -0.507 e. The van der Waals surface area contributed by atoms with Gasteiger partial charge in [0.2, 0.25) is 0 Å². The number of hydrogen-bond donors (Lipinski definition) is 1. The number of para-hydroxylation sites is 2. The number of aromatic nitrogens is 3. The SMILES string of the molecule is Cc1cccc(C)c1-n1c(-c2ccc3c(n2)-c2c(O)cccc2CC3)nc2c(-c3[c-]c(-c4c(-c5ccccc5)cccc4-c4cccc(C(C)(C)C)c4)c4c(c3)oc3ccccc34)c(-c3c(-c4ccccc4)cccc3-c3c(C(C)C)cc(C(C)C)cc3C(C)C)ccc21.[Pt]. The summed E-state index contributed by atoms with van der Waals surface area (Å²) in [5.74, 6) is 1.69. The number of fused-ring (bicyclic) bond motifs is 7. The summed E-state index contributed by atoms with van der Waals surface area (Å²) in [6, 6.07) is 86.1. The number of hydrogen-bond acceptors (Lipinski definition) is 4. The average Bonchev–Trinajstić information content (AvgIpc) is 1.59. The van der Waals surface area contributed by atoms with E-state index in [1.54, 1.807) is 6.07 Å². The van der Waals surface area contributed by atoms with Crippen molar-refractivity contribution in [2.24, 2.45) is 0 Å². The Morgan fingerprint density at radius 2 is 1.06 bits per heavy atom. The van der Waals surface area contributed by atoms with Crippen molar-refractivity contribution in [1.82, 2.24) is 14.5 Å². The number of aryl methyl sites for hydroxylation is 4. The molecule has 1 aliphatic carbocycles. The predicted molar refractivity (Wildman–Crippen MR) is 393 cm³/mol. The molecular weight excluding hydrogens is 1340 g/mol.